The first-order valence-electron chi connectivity index (χ1n) is 10.8. The van der Waals surface area contributed by atoms with Crippen molar-refractivity contribution in [3.8, 4) is 22.4 Å². The Morgan fingerprint density at radius 2 is 1.74 bits per heavy atom. The van der Waals surface area contributed by atoms with Crippen LogP contribution in [0, 0.1) is 5.82 Å². The molecule has 8 heteroatoms. The van der Waals surface area contributed by atoms with Crippen LogP contribution in [-0.4, -0.2) is 32.9 Å². The largest absolute Gasteiger partial charge is 0.481 e. The van der Waals surface area contributed by atoms with Crippen LogP contribution in [0.15, 0.2) is 66.5 Å². The van der Waals surface area contributed by atoms with E-state index in [4.69, 9.17) is 10.1 Å². The number of hydrogen-bond acceptors (Lipinski definition) is 4. The fraction of sp³-hybridized carbons (Fsp3) is 0.192. The zero-order valence-corrected chi connectivity index (χ0v) is 19.1. The van der Waals surface area contributed by atoms with E-state index in [0.29, 0.717) is 5.56 Å². The first-order chi connectivity index (χ1) is 16.2. The van der Waals surface area contributed by atoms with Crippen molar-refractivity contribution in [3.05, 3.63) is 83.6 Å². The molecular formula is C26H23FNO5P. The monoisotopic (exact) mass is 479 g/mol. The topological polar surface area (TPSA) is 105 Å². The van der Waals surface area contributed by atoms with Gasteiger partial charge in [0.15, 0.2) is 5.78 Å². The predicted molar refractivity (Wildman–Crippen MR) is 128 cm³/mol. The fourth-order valence-electron chi connectivity index (χ4n) is 3.76. The average Bonchev–Trinajstić information content (AvgIpc) is 3.63. The minimum atomic E-state index is -4.07. The molecule has 34 heavy (non-hydrogen) atoms. The summed E-state index contributed by atoms with van der Waals surface area (Å²) in [5.41, 5.74) is 4.50. The summed E-state index contributed by atoms with van der Waals surface area (Å²) < 4.78 is 26.3. The van der Waals surface area contributed by atoms with Crippen LogP contribution in [0.25, 0.3) is 28.5 Å². The first-order valence-corrected chi connectivity index (χ1v) is 12.7. The molecule has 1 aliphatic carbocycles. The van der Waals surface area contributed by atoms with Crippen molar-refractivity contribution in [2.45, 2.75) is 25.2 Å². The molecule has 1 heterocycles. The van der Waals surface area contributed by atoms with Crippen molar-refractivity contribution in [2.75, 3.05) is 6.16 Å². The van der Waals surface area contributed by atoms with Crippen LogP contribution >= 0.6 is 7.37 Å². The second kappa shape index (κ2) is 9.84. The molecule has 0 amide bonds. The van der Waals surface area contributed by atoms with Crippen LogP contribution in [0.5, 0.6) is 0 Å². The summed E-state index contributed by atoms with van der Waals surface area (Å²) in [5, 5.41) is 8.75. The number of halogens is 1. The lowest BCUT2D eigenvalue weighted by Crippen LogP contribution is -2.10. The van der Waals surface area contributed by atoms with Gasteiger partial charge in [-0.05, 0) is 48.2 Å². The minimum Gasteiger partial charge on any atom is -0.481 e. The number of carboxylic acids is 1. The summed E-state index contributed by atoms with van der Waals surface area (Å²) in [6.45, 7) is 0. The van der Waals surface area contributed by atoms with E-state index < -0.39 is 31.7 Å². The number of Topliss-reactive ketones (excluding diaryl/α,β-unsaturated/α-hetero) is 1. The Balaban J connectivity index is 1.81. The Bertz CT molecular complexity index is 1300. The van der Waals surface area contributed by atoms with Crippen LogP contribution in [0.4, 0.5) is 4.39 Å². The van der Waals surface area contributed by atoms with Gasteiger partial charge in [-0.25, -0.2) is 4.39 Å². The van der Waals surface area contributed by atoms with Crippen molar-refractivity contribution in [1.29, 1.82) is 0 Å². The SMILES string of the molecule is O=C(O)CC(=O)CP(=O)(O)C=Cc1c(-c2ccc(F)cc2)cc(-c2ccccc2)nc1C1CC1. The lowest BCUT2D eigenvalue weighted by atomic mass is 9.94. The lowest BCUT2D eigenvalue weighted by Gasteiger charge is -2.15. The quantitative estimate of drug-likeness (QED) is 0.301. The predicted octanol–water partition coefficient (Wildman–Crippen LogP) is 5.72. The number of aliphatic carboxylic acids is 1. The van der Waals surface area contributed by atoms with Gasteiger partial charge in [0.2, 0.25) is 7.37 Å². The molecule has 6 nitrogen and oxygen atoms in total. The highest BCUT2D eigenvalue weighted by Gasteiger charge is 2.30. The Morgan fingerprint density at radius 3 is 2.35 bits per heavy atom. The maximum atomic E-state index is 13.6. The summed E-state index contributed by atoms with van der Waals surface area (Å²) in [6.07, 6.45) is 1.80. The molecule has 1 aromatic heterocycles. The van der Waals surface area contributed by atoms with Crippen LogP contribution in [-0.2, 0) is 14.2 Å². The van der Waals surface area contributed by atoms with Gasteiger partial charge in [-0.1, -0.05) is 42.5 Å². The second-order valence-corrected chi connectivity index (χ2v) is 10.5. The molecule has 2 aromatic carbocycles. The van der Waals surface area contributed by atoms with Gasteiger partial charge in [0.1, 0.15) is 12.2 Å². The molecule has 0 bridgehead atoms. The highest BCUT2D eigenvalue weighted by atomic mass is 31.2. The van der Waals surface area contributed by atoms with Crippen molar-refractivity contribution in [3.63, 3.8) is 0 Å². The van der Waals surface area contributed by atoms with Crippen LogP contribution in [0.1, 0.15) is 36.4 Å². The third-order valence-electron chi connectivity index (χ3n) is 5.50. The van der Waals surface area contributed by atoms with E-state index in [2.05, 4.69) is 0 Å². The zero-order chi connectivity index (χ0) is 24.3. The number of hydrogen-bond donors (Lipinski definition) is 2. The third-order valence-corrected chi connectivity index (χ3v) is 6.92. The van der Waals surface area contributed by atoms with Gasteiger partial charge in [-0.15, -0.1) is 0 Å². The Labute approximate surface area is 196 Å². The number of ketones is 1. The number of pyridine rings is 1. The van der Waals surface area contributed by atoms with Crippen molar-refractivity contribution in [1.82, 2.24) is 4.98 Å². The molecule has 0 radical (unpaired) electrons. The van der Waals surface area contributed by atoms with Gasteiger partial charge < -0.3 is 10.00 Å². The standard InChI is InChI=1S/C26H23FNO5P/c27-20-10-8-17(9-11-20)23-15-24(18-4-2-1-3-5-18)28-26(19-6-7-19)22(23)12-13-34(32,33)16-21(29)14-25(30)31/h1-5,8-13,15,19H,6-7,14,16H2,(H,30,31)(H,32,33). The van der Waals surface area contributed by atoms with Gasteiger partial charge in [-0.2, -0.15) is 0 Å². The molecule has 4 rings (SSSR count). The summed E-state index contributed by atoms with van der Waals surface area (Å²) in [6, 6.07) is 17.5. The molecule has 0 aliphatic heterocycles. The van der Waals surface area contributed by atoms with Crippen LogP contribution in [0.2, 0.25) is 0 Å². The van der Waals surface area contributed by atoms with E-state index in [0.717, 1.165) is 46.7 Å². The van der Waals surface area contributed by atoms with Gasteiger partial charge >= 0.3 is 5.97 Å². The van der Waals surface area contributed by atoms with Crippen molar-refractivity contribution in [2.24, 2.45) is 0 Å². The van der Waals surface area contributed by atoms with E-state index in [1.54, 1.807) is 12.1 Å². The summed E-state index contributed by atoms with van der Waals surface area (Å²) in [5.74, 6) is -1.28. The number of carbonyl (C=O) groups excluding carboxylic acids is 1. The van der Waals surface area contributed by atoms with E-state index in [1.165, 1.54) is 18.2 Å². The van der Waals surface area contributed by atoms with Gasteiger partial charge in [0.25, 0.3) is 0 Å². The van der Waals surface area contributed by atoms with E-state index in [1.807, 2.05) is 36.4 Å². The number of carbonyl (C=O) groups is 2. The molecule has 2 N–H and O–H groups in total. The Kier molecular flexibility index (Phi) is 6.87. The molecule has 0 saturated heterocycles. The van der Waals surface area contributed by atoms with E-state index in [9.17, 15) is 23.4 Å². The summed E-state index contributed by atoms with van der Waals surface area (Å²) in [7, 11) is -4.07. The highest BCUT2D eigenvalue weighted by Crippen LogP contribution is 2.47. The van der Waals surface area contributed by atoms with Gasteiger partial charge in [0, 0.05) is 22.9 Å². The maximum absolute atomic E-state index is 13.6. The molecule has 3 aromatic rings. The fourth-order valence-corrected chi connectivity index (χ4v) is 4.87. The van der Waals surface area contributed by atoms with Gasteiger partial charge in [0.05, 0.1) is 17.5 Å². The molecule has 174 valence electrons. The number of rotatable bonds is 9. The second-order valence-electron chi connectivity index (χ2n) is 8.34. The molecule has 1 aliphatic rings. The normalized spacial score (nSPS) is 15.2. The average molecular weight is 479 g/mol. The Morgan fingerprint density at radius 1 is 1.06 bits per heavy atom. The maximum Gasteiger partial charge on any atom is 0.310 e. The minimum absolute atomic E-state index is 0.189. The number of carboxylic acid groups (broad SMARTS) is 1. The molecule has 0 spiro atoms. The van der Waals surface area contributed by atoms with Crippen LogP contribution in [0.3, 0.4) is 0 Å². The molecule has 1 saturated carbocycles. The third kappa shape index (κ3) is 5.93. The number of aromatic nitrogens is 1. The number of nitrogens with zero attached hydrogens (tertiary/aromatic N) is 1. The van der Waals surface area contributed by atoms with Gasteiger partial charge in [-0.3, -0.25) is 19.1 Å². The molecule has 1 unspecified atom stereocenters. The lowest BCUT2D eigenvalue weighted by molar-refractivity contribution is -0.139. The highest BCUT2D eigenvalue weighted by molar-refractivity contribution is 7.62. The summed E-state index contributed by atoms with van der Waals surface area (Å²) >= 11 is 0. The van der Waals surface area contributed by atoms with E-state index >= 15 is 0 Å². The van der Waals surface area contributed by atoms with Crippen molar-refractivity contribution >= 4 is 25.2 Å². The Hall–Kier alpha value is -3.41. The van der Waals surface area contributed by atoms with Crippen LogP contribution < -0.4 is 0 Å². The smallest absolute Gasteiger partial charge is 0.310 e. The molecule has 1 fully saturated rings. The first kappa shape index (κ1) is 23.7. The summed E-state index contributed by atoms with van der Waals surface area (Å²) in [4.78, 5) is 37.7. The molecular weight excluding hydrogens is 456 g/mol. The van der Waals surface area contributed by atoms with E-state index in [-0.39, 0.29) is 11.7 Å². The van der Waals surface area contributed by atoms with Crippen molar-refractivity contribution < 1.29 is 28.5 Å². The molecule has 1 atom stereocenters. The zero-order valence-electron chi connectivity index (χ0n) is 18.2. The number of benzene rings is 2.